The third-order valence-electron chi connectivity index (χ3n) is 4.77. The van der Waals surface area contributed by atoms with E-state index in [0.29, 0.717) is 12.5 Å². The fraction of sp³-hybridized carbons (Fsp3) is 0.588. The monoisotopic (exact) mass is 319 g/mol. The number of carbonyl (C=O) groups is 1. The summed E-state index contributed by atoms with van der Waals surface area (Å²) in [5.41, 5.74) is 1.14. The van der Waals surface area contributed by atoms with Gasteiger partial charge in [-0.05, 0) is 25.0 Å². The lowest BCUT2D eigenvalue weighted by Gasteiger charge is -2.48. The summed E-state index contributed by atoms with van der Waals surface area (Å²) in [4.78, 5) is 14.6. The van der Waals surface area contributed by atoms with Gasteiger partial charge in [-0.25, -0.2) is 0 Å². The van der Waals surface area contributed by atoms with Gasteiger partial charge in [0.1, 0.15) is 5.75 Å². The zero-order valence-corrected chi connectivity index (χ0v) is 13.6. The van der Waals surface area contributed by atoms with Crippen molar-refractivity contribution in [1.29, 1.82) is 0 Å². The summed E-state index contributed by atoms with van der Waals surface area (Å²) in [5, 5.41) is 0. The van der Waals surface area contributed by atoms with E-state index in [4.69, 9.17) is 9.47 Å². The van der Waals surface area contributed by atoms with E-state index >= 15 is 0 Å². The van der Waals surface area contributed by atoms with E-state index in [9.17, 15) is 4.79 Å². The smallest absolute Gasteiger partial charge is 0.264 e. The van der Waals surface area contributed by atoms with Gasteiger partial charge in [0.15, 0.2) is 6.10 Å². The van der Waals surface area contributed by atoms with Crippen LogP contribution in [0, 0.1) is 0 Å². The summed E-state index contributed by atoms with van der Waals surface area (Å²) in [6.45, 7) is 4.51. The van der Waals surface area contributed by atoms with Crippen LogP contribution in [0.3, 0.4) is 0 Å². The molecule has 2 atom stereocenters. The molecular weight excluding hydrogens is 298 g/mol. The standard InChI is InChI=1S/C17H21NO3S/c1-2-20-13-8-17(22-9-13)10-18(11-17)16(19)15-7-12-5-3-4-6-14(12)21-15/h3-6,13,15H,2,7-11H2,1H3/t13-,15-/m0/s1. The number of hydrogen-bond donors (Lipinski definition) is 0. The van der Waals surface area contributed by atoms with Gasteiger partial charge >= 0.3 is 0 Å². The van der Waals surface area contributed by atoms with Gasteiger partial charge in [0.05, 0.1) is 10.9 Å². The molecule has 1 amide bonds. The number of para-hydroxylation sites is 1. The predicted molar refractivity (Wildman–Crippen MR) is 86.4 cm³/mol. The lowest BCUT2D eigenvalue weighted by atomic mass is 9.92. The maximum Gasteiger partial charge on any atom is 0.264 e. The molecule has 2 fully saturated rings. The molecule has 1 spiro atoms. The minimum absolute atomic E-state index is 0.141. The molecule has 3 aliphatic heterocycles. The summed E-state index contributed by atoms with van der Waals surface area (Å²) in [6, 6.07) is 7.93. The molecule has 0 N–H and O–H groups in total. The van der Waals surface area contributed by atoms with Crippen molar-refractivity contribution < 1.29 is 14.3 Å². The Morgan fingerprint density at radius 3 is 3.05 bits per heavy atom. The van der Waals surface area contributed by atoms with Crippen LogP contribution in [0.5, 0.6) is 5.75 Å². The highest BCUT2D eigenvalue weighted by atomic mass is 32.2. The Morgan fingerprint density at radius 2 is 2.27 bits per heavy atom. The fourth-order valence-corrected chi connectivity index (χ4v) is 5.25. The molecule has 4 nitrogen and oxygen atoms in total. The Labute approximate surface area is 135 Å². The first-order valence-corrected chi connectivity index (χ1v) is 8.96. The number of likely N-dealkylation sites (tertiary alicyclic amines) is 1. The van der Waals surface area contributed by atoms with Gasteiger partial charge in [0.25, 0.3) is 5.91 Å². The van der Waals surface area contributed by atoms with Crippen LogP contribution < -0.4 is 4.74 Å². The Morgan fingerprint density at radius 1 is 1.45 bits per heavy atom. The van der Waals surface area contributed by atoms with Crippen LogP contribution in [0.4, 0.5) is 0 Å². The molecule has 0 aromatic heterocycles. The molecule has 4 rings (SSSR count). The quantitative estimate of drug-likeness (QED) is 0.855. The lowest BCUT2D eigenvalue weighted by molar-refractivity contribution is -0.143. The molecule has 0 aliphatic carbocycles. The molecule has 1 aromatic carbocycles. The molecule has 0 radical (unpaired) electrons. The van der Waals surface area contributed by atoms with Gasteiger partial charge in [-0.15, -0.1) is 11.8 Å². The summed E-state index contributed by atoms with van der Waals surface area (Å²) < 4.78 is 11.8. The Bertz CT molecular complexity index is 560. The van der Waals surface area contributed by atoms with Gasteiger partial charge in [-0.2, -0.15) is 0 Å². The number of hydrogen-bond acceptors (Lipinski definition) is 4. The molecule has 118 valence electrons. The Hall–Kier alpha value is -1.20. The second-order valence-corrected chi connectivity index (χ2v) is 7.88. The number of amides is 1. The van der Waals surface area contributed by atoms with Crippen molar-refractivity contribution in [2.24, 2.45) is 0 Å². The van der Waals surface area contributed by atoms with E-state index in [1.165, 1.54) is 0 Å². The Kier molecular flexibility index (Phi) is 3.57. The molecule has 5 heteroatoms. The Balaban J connectivity index is 1.33. The third-order valence-corrected chi connectivity index (χ3v) is 6.35. The van der Waals surface area contributed by atoms with Crippen molar-refractivity contribution in [3.05, 3.63) is 29.8 Å². The van der Waals surface area contributed by atoms with Crippen LogP contribution in [0.15, 0.2) is 24.3 Å². The van der Waals surface area contributed by atoms with Gasteiger partial charge in [-0.3, -0.25) is 4.79 Å². The summed E-state index contributed by atoms with van der Waals surface area (Å²) in [5.74, 6) is 2.06. The van der Waals surface area contributed by atoms with E-state index in [2.05, 4.69) is 0 Å². The van der Waals surface area contributed by atoms with Crippen molar-refractivity contribution in [3.63, 3.8) is 0 Å². The van der Waals surface area contributed by atoms with Gasteiger partial charge < -0.3 is 14.4 Å². The SMILES string of the molecule is CCO[C@@H]1CSC2(C1)CN(C(=O)[C@@H]1Cc3ccccc3O1)C2. The van der Waals surface area contributed by atoms with Crippen molar-refractivity contribution in [1.82, 2.24) is 4.90 Å². The second-order valence-electron chi connectivity index (χ2n) is 6.39. The normalized spacial score (nSPS) is 28.3. The van der Waals surface area contributed by atoms with E-state index in [-0.39, 0.29) is 16.8 Å². The largest absolute Gasteiger partial charge is 0.480 e. The average Bonchev–Trinajstić information content (AvgIpc) is 3.09. The van der Waals surface area contributed by atoms with Gasteiger partial charge in [-0.1, -0.05) is 18.2 Å². The van der Waals surface area contributed by atoms with Crippen LogP contribution in [0.25, 0.3) is 0 Å². The minimum Gasteiger partial charge on any atom is -0.480 e. The van der Waals surface area contributed by atoms with Crippen molar-refractivity contribution in [2.45, 2.75) is 36.7 Å². The van der Waals surface area contributed by atoms with E-state index in [0.717, 1.165) is 43.2 Å². The molecule has 0 unspecified atom stereocenters. The maximum absolute atomic E-state index is 12.6. The maximum atomic E-state index is 12.6. The molecule has 3 aliphatic rings. The molecular formula is C17H21NO3S. The first kappa shape index (κ1) is 14.4. The van der Waals surface area contributed by atoms with E-state index in [1.807, 2.05) is 47.9 Å². The molecule has 0 saturated carbocycles. The third kappa shape index (κ3) is 2.40. The summed E-state index contributed by atoms with van der Waals surface area (Å²) in [6.07, 6.45) is 1.80. The summed E-state index contributed by atoms with van der Waals surface area (Å²) in [7, 11) is 0. The second kappa shape index (κ2) is 5.46. The first-order chi connectivity index (χ1) is 10.7. The highest BCUT2D eigenvalue weighted by Gasteiger charge is 2.52. The van der Waals surface area contributed by atoms with Crippen LogP contribution >= 0.6 is 11.8 Å². The zero-order valence-electron chi connectivity index (χ0n) is 12.8. The van der Waals surface area contributed by atoms with Crippen molar-refractivity contribution in [3.8, 4) is 5.75 Å². The van der Waals surface area contributed by atoms with Crippen LogP contribution in [0.1, 0.15) is 18.9 Å². The van der Waals surface area contributed by atoms with E-state index in [1.54, 1.807) is 0 Å². The average molecular weight is 319 g/mol. The highest BCUT2D eigenvalue weighted by Crippen LogP contribution is 2.46. The fourth-order valence-electron chi connectivity index (χ4n) is 3.69. The van der Waals surface area contributed by atoms with Crippen molar-refractivity contribution in [2.75, 3.05) is 25.4 Å². The number of rotatable bonds is 3. The molecule has 22 heavy (non-hydrogen) atoms. The molecule has 3 heterocycles. The summed E-state index contributed by atoms with van der Waals surface area (Å²) >= 11 is 1.97. The predicted octanol–water partition coefficient (Wildman–Crippen LogP) is 2.11. The molecule has 0 bridgehead atoms. The van der Waals surface area contributed by atoms with Gasteiger partial charge in [0.2, 0.25) is 0 Å². The van der Waals surface area contributed by atoms with Crippen molar-refractivity contribution >= 4 is 17.7 Å². The van der Waals surface area contributed by atoms with E-state index < -0.39 is 0 Å². The lowest BCUT2D eigenvalue weighted by Crippen LogP contribution is -2.63. The van der Waals surface area contributed by atoms with Gasteiger partial charge in [0, 0.05) is 31.9 Å². The highest BCUT2D eigenvalue weighted by molar-refractivity contribution is 8.01. The number of fused-ring (bicyclic) bond motifs is 1. The van der Waals surface area contributed by atoms with Crippen LogP contribution in [-0.4, -0.2) is 53.2 Å². The number of benzene rings is 1. The number of carbonyl (C=O) groups excluding carboxylic acids is 1. The molecule has 2 saturated heterocycles. The molecule has 1 aromatic rings. The zero-order chi connectivity index (χ0) is 15.2. The number of thioether (sulfide) groups is 1. The minimum atomic E-state index is -0.330. The first-order valence-electron chi connectivity index (χ1n) is 7.98. The van der Waals surface area contributed by atoms with Crippen LogP contribution in [0.2, 0.25) is 0 Å². The number of ether oxygens (including phenoxy) is 2. The van der Waals surface area contributed by atoms with Crippen LogP contribution in [-0.2, 0) is 16.0 Å². The topological polar surface area (TPSA) is 38.8 Å². The number of nitrogens with zero attached hydrogens (tertiary/aromatic N) is 1.